The lowest BCUT2D eigenvalue weighted by atomic mass is 9.67. The number of allylic oxidation sites excluding steroid dienone is 2. The monoisotopic (exact) mass is 354 g/mol. The molecule has 1 heteroatoms. The van der Waals surface area contributed by atoms with Crippen molar-refractivity contribution in [3.63, 3.8) is 0 Å². The van der Waals surface area contributed by atoms with Crippen LogP contribution < -0.4 is 4.74 Å². The highest BCUT2D eigenvalue weighted by Gasteiger charge is 2.44. The van der Waals surface area contributed by atoms with Crippen molar-refractivity contribution < 1.29 is 4.74 Å². The third-order valence-electron chi connectivity index (χ3n) is 6.86. The summed E-state index contributed by atoms with van der Waals surface area (Å²) >= 11 is 0. The lowest BCUT2D eigenvalue weighted by Gasteiger charge is -2.47. The van der Waals surface area contributed by atoms with Gasteiger partial charge in [0.1, 0.15) is 11.4 Å². The predicted molar refractivity (Wildman–Crippen MR) is 112 cm³/mol. The molecule has 1 heterocycles. The second kappa shape index (κ2) is 7.41. The standard InChI is InChI=1S/C25H38O/c1-7-8-9-10-15-24(3,4)19-12-13-20-21-16-18(2)11-14-22(21)25(5,6)26-23(20)17-19/h11-13,17,21-22H,7-10,14-16H2,1-6H3/t21-,22+/m1/s1. The van der Waals surface area contributed by atoms with E-state index in [0.29, 0.717) is 11.8 Å². The first-order valence-corrected chi connectivity index (χ1v) is 10.7. The Balaban J connectivity index is 1.85. The molecule has 1 aromatic carbocycles. The molecule has 1 nitrogen and oxygen atoms in total. The highest BCUT2D eigenvalue weighted by Crippen LogP contribution is 2.52. The fourth-order valence-electron chi connectivity index (χ4n) is 5.01. The predicted octanol–water partition coefficient (Wildman–Crippen LogP) is 7.55. The molecule has 0 amide bonds. The maximum absolute atomic E-state index is 6.57. The average Bonchev–Trinajstić information content (AvgIpc) is 2.57. The van der Waals surface area contributed by atoms with Gasteiger partial charge in [0.25, 0.3) is 0 Å². The zero-order valence-electron chi connectivity index (χ0n) is 17.8. The van der Waals surface area contributed by atoms with E-state index < -0.39 is 0 Å². The van der Waals surface area contributed by atoms with Crippen molar-refractivity contribution in [1.82, 2.24) is 0 Å². The van der Waals surface area contributed by atoms with Crippen molar-refractivity contribution in [2.24, 2.45) is 5.92 Å². The zero-order chi connectivity index (χ0) is 18.9. The molecule has 0 bridgehead atoms. The van der Waals surface area contributed by atoms with Crippen molar-refractivity contribution in [3.8, 4) is 5.75 Å². The van der Waals surface area contributed by atoms with Crippen molar-refractivity contribution in [2.75, 3.05) is 0 Å². The van der Waals surface area contributed by atoms with E-state index >= 15 is 0 Å². The van der Waals surface area contributed by atoms with Gasteiger partial charge in [0.15, 0.2) is 0 Å². The summed E-state index contributed by atoms with van der Waals surface area (Å²) in [6.07, 6.45) is 11.3. The van der Waals surface area contributed by atoms with E-state index in [2.05, 4.69) is 65.8 Å². The normalized spacial score (nSPS) is 24.3. The van der Waals surface area contributed by atoms with Crippen LogP contribution >= 0.6 is 0 Å². The number of hydrogen-bond donors (Lipinski definition) is 0. The van der Waals surface area contributed by atoms with Gasteiger partial charge in [0.2, 0.25) is 0 Å². The number of benzene rings is 1. The second-order valence-electron chi connectivity index (χ2n) is 9.86. The van der Waals surface area contributed by atoms with Gasteiger partial charge in [0.05, 0.1) is 0 Å². The maximum Gasteiger partial charge on any atom is 0.123 e. The molecule has 2 aliphatic rings. The first kappa shape index (κ1) is 19.5. The van der Waals surface area contributed by atoms with Gasteiger partial charge in [0, 0.05) is 5.92 Å². The van der Waals surface area contributed by atoms with Gasteiger partial charge in [-0.3, -0.25) is 0 Å². The molecule has 26 heavy (non-hydrogen) atoms. The van der Waals surface area contributed by atoms with E-state index in [1.54, 1.807) is 0 Å². The molecule has 0 radical (unpaired) electrons. The third kappa shape index (κ3) is 3.87. The number of ether oxygens (including phenoxy) is 1. The summed E-state index contributed by atoms with van der Waals surface area (Å²) in [5.41, 5.74) is 4.54. The van der Waals surface area contributed by atoms with Crippen LogP contribution in [-0.2, 0) is 5.41 Å². The molecule has 0 saturated carbocycles. The molecular formula is C25H38O. The van der Waals surface area contributed by atoms with Crippen molar-refractivity contribution in [3.05, 3.63) is 41.0 Å². The second-order valence-corrected chi connectivity index (χ2v) is 9.86. The topological polar surface area (TPSA) is 9.23 Å². The first-order valence-electron chi connectivity index (χ1n) is 10.7. The minimum Gasteiger partial charge on any atom is -0.487 e. The van der Waals surface area contributed by atoms with E-state index in [0.717, 1.165) is 12.2 Å². The van der Waals surface area contributed by atoms with Crippen LogP contribution in [0.25, 0.3) is 0 Å². The summed E-state index contributed by atoms with van der Waals surface area (Å²) in [5.74, 6) is 2.34. The summed E-state index contributed by atoms with van der Waals surface area (Å²) < 4.78 is 6.57. The van der Waals surface area contributed by atoms with Gasteiger partial charge in [-0.05, 0) is 68.6 Å². The number of fused-ring (bicyclic) bond motifs is 3. The smallest absolute Gasteiger partial charge is 0.123 e. The molecule has 0 spiro atoms. The van der Waals surface area contributed by atoms with Crippen LogP contribution in [0.5, 0.6) is 5.75 Å². The van der Waals surface area contributed by atoms with Crippen LogP contribution in [0.2, 0.25) is 0 Å². The Labute approximate surface area is 161 Å². The number of hydrogen-bond acceptors (Lipinski definition) is 1. The van der Waals surface area contributed by atoms with Crippen LogP contribution in [0.15, 0.2) is 29.8 Å². The van der Waals surface area contributed by atoms with Crippen LogP contribution in [-0.4, -0.2) is 5.60 Å². The summed E-state index contributed by atoms with van der Waals surface area (Å²) in [4.78, 5) is 0. The molecule has 1 aliphatic heterocycles. The van der Waals surface area contributed by atoms with E-state index in [9.17, 15) is 0 Å². The number of rotatable bonds is 6. The molecule has 3 rings (SSSR count). The molecule has 0 fully saturated rings. The summed E-state index contributed by atoms with van der Waals surface area (Å²) in [6.45, 7) is 13.9. The lowest BCUT2D eigenvalue weighted by molar-refractivity contribution is 0.00837. The van der Waals surface area contributed by atoms with Crippen LogP contribution in [0.4, 0.5) is 0 Å². The van der Waals surface area contributed by atoms with Crippen LogP contribution in [0, 0.1) is 5.92 Å². The van der Waals surface area contributed by atoms with Crippen molar-refractivity contribution in [1.29, 1.82) is 0 Å². The quantitative estimate of drug-likeness (QED) is 0.378. The van der Waals surface area contributed by atoms with E-state index in [1.807, 2.05) is 0 Å². The molecule has 0 aromatic heterocycles. The third-order valence-corrected chi connectivity index (χ3v) is 6.86. The largest absolute Gasteiger partial charge is 0.487 e. The van der Waals surface area contributed by atoms with Gasteiger partial charge < -0.3 is 4.74 Å². The van der Waals surface area contributed by atoms with Crippen molar-refractivity contribution in [2.45, 2.75) is 103 Å². The van der Waals surface area contributed by atoms with E-state index in [-0.39, 0.29) is 11.0 Å². The maximum atomic E-state index is 6.57. The molecule has 0 unspecified atom stereocenters. The Hall–Kier alpha value is -1.24. The molecule has 0 saturated heterocycles. The summed E-state index contributed by atoms with van der Waals surface area (Å²) in [5, 5.41) is 0. The molecule has 2 atom stereocenters. The SMILES string of the molecule is CCCCCCC(C)(C)c1ccc2c(c1)OC(C)(C)[C@H]1CC=C(C)C[C@H]21. The van der Waals surface area contributed by atoms with Crippen molar-refractivity contribution >= 4 is 0 Å². The highest BCUT2D eigenvalue weighted by molar-refractivity contribution is 5.46. The summed E-state index contributed by atoms with van der Waals surface area (Å²) in [7, 11) is 0. The van der Waals surface area contributed by atoms with Gasteiger partial charge in [-0.25, -0.2) is 0 Å². The Bertz CT molecular complexity index is 665. The Morgan fingerprint density at radius 2 is 1.92 bits per heavy atom. The molecular weight excluding hydrogens is 316 g/mol. The number of unbranched alkanes of at least 4 members (excludes halogenated alkanes) is 3. The molecule has 1 aromatic rings. The minimum atomic E-state index is -0.0846. The molecule has 144 valence electrons. The highest BCUT2D eigenvalue weighted by atomic mass is 16.5. The van der Waals surface area contributed by atoms with Gasteiger partial charge in [-0.1, -0.05) is 70.2 Å². The van der Waals surface area contributed by atoms with Gasteiger partial charge >= 0.3 is 0 Å². The Morgan fingerprint density at radius 1 is 1.15 bits per heavy atom. The average molecular weight is 355 g/mol. The Kier molecular flexibility index (Phi) is 5.56. The Morgan fingerprint density at radius 3 is 2.65 bits per heavy atom. The fraction of sp³-hybridized carbons (Fsp3) is 0.680. The van der Waals surface area contributed by atoms with Gasteiger partial charge in [-0.15, -0.1) is 0 Å². The minimum absolute atomic E-state index is 0.0846. The fourth-order valence-corrected chi connectivity index (χ4v) is 5.01. The molecule has 0 N–H and O–H groups in total. The van der Waals surface area contributed by atoms with Crippen LogP contribution in [0.1, 0.15) is 104 Å². The van der Waals surface area contributed by atoms with Gasteiger partial charge in [-0.2, -0.15) is 0 Å². The lowest BCUT2D eigenvalue weighted by Crippen LogP contribution is -2.45. The first-order chi connectivity index (χ1) is 12.2. The molecule has 1 aliphatic carbocycles. The summed E-state index contributed by atoms with van der Waals surface area (Å²) in [6, 6.07) is 7.12. The zero-order valence-corrected chi connectivity index (χ0v) is 17.8. The van der Waals surface area contributed by atoms with E-state index in [4.69, 9.17) is 4.74 Å². The van der Waals surface area contributed by atoms with E-state index in [1.165, 1.54) is 55.2 Å². The van der Waals surface area contributed by atoms with Crippen LogP contribution in [0.3, 0.4) is 0 Å².